The summed E-state index contributed by atoms with van der Waals surface area (Å²) in [6.07, 6.45) is 1.58. The molecule has 1 heterocycles. The standard InChI is InChI=1S/C6H7NOS/c1-4-3-7-6(8)2-5(4)9/h2-3H,1H3,(H2,7,8,9). The smallest absolute Gasteiger partial charge is 0.211 e. The summed E-state index contributed by atoms with van der Waals surface area (Å²) in [5.74, 6) is 0.0191. The Morgan fingerprint density at radius 1 is 1.67 bits per heavy atom. The highest BCUT2D eigenvalue weighted by Crippen LogP contribution is 2.15. The number of nitrogens with zero attached hydrogens (tertiary/aromatic N) is 1. The van der Waals surface area contributed by atoms with E-state index in [0.29, 0.717) is 0 Å². The van der Waals surface area contributed by atoms with Crippen molar-refractivity contribution in [3.8, 4) is 5.88 Å². The Bertz CT molecular complexity index is 224. The maximum Gasteiger partial charge on any atom is 0.211 e. The van der Waals surface area contributed by atoms with Gasteiger partial charge >= 0.3 is 0 Å². The number of aromatic hydroxyl groups is 1. The summed E-state index contributed by atoms with van der Waals surface area (Å²) in [5, 5.41) is 8.78. The van der Waals surface area contributed by atoms with Crippen LogP contribution in [0, 0.1) is 6.92 Å². The molecule has 0 spiro atoms. The molecule has 1 rings (SSSR count). The average molecular weight is 141 g/mol. The SMILES string of the molecule is Cc1cnc(O)cc1S. The predicted octanol–water partition coefficient (Wildman–Crippen LogP) is 1.38. The van der Waals surface area contributed by atoms with Crippen LogP contribution in [0.5, 0.6) is 5.88 Å². The van der Waals surface area contributed by atoms with E-state index >= 15 is 0 Å². The minimum absolute atomic E-state index is 0.0191. The molecule has 0 unspecified atom stereocenters. The van der Waals surface area contributed by atoms with Crippen LogP contribution in [0.1, 0.15) is 5.56 Å². The maximum absolute atomic E-state index is 8.78. The normalized spacial score (nSPS) is 9.56. The average Bonchev–Trinajstić information content (AvgIpc) is 1.80. The van der Waals surface area contributed by atoms with Crippen LogP contribution in [0.3, 0.4) is 0 Å². The molecule has 1 N–H and O–H groups in total. The largest absolute Gasteiger partial charge is 0.493 e. The Hall–Kier alpha value is -0.700. The topological polar surface area (TPSA) is 33.1 Å². The monoisotopic (exact) mass is 141 g/mol. The Morgan fingerprint density at radius 2 is 2.33 bits per heavy atom. The van der Waals surface area contributed by atoms with Crippen LogP contribution in [0.4, 0.5) is 0 Å². The van der Waals surface area contributed by atoms with Gasteiger partial charge in [-0.1, -0.05) is 0 Å². The highest BCUT2D eigenvalue weighted by Gasteiger charge is 1.93. The summed E-state index contributed by atoms with van der Waals surface area (Å²) in [7, 11) is 0. The molecule has 1 aromatic heterocycles. The molecule has 0 atom stereocenters. The van der Waals surface area contributed by atoms with E-state index in [-0.39, 0.29) is 5.88 Å². The number of hydrogen-bond donors (Lipinski definition) is 2. The predicted molar refractivity (Wildman–Crippen MR) is 37.9 cm³/mol. The third-order valence-corrected chi connectivity index (χ3v) is 1.54. The molecule has 0 aromatic carbocycles. The second kappa shape index (κ2) is 2.27. The number of hydrogen-bond acceptors (Lipinski definition) is 3. The highest BCUT2D eigenvalue weighted by molar-refractivity contribution is 7.80. The highest BCUT2D eigenvalue weighted by atomic mass is 32.1. The van der Waals surface area contributed by atoms with Crippen molar-refractivity contribution in [1.82, 2.24) is 4.98 Å². The molecule has 3 heteroatoms. The molecule has 0 aliphatic heterocycles. The summed E-state index contributed by atoms with van der Waals surface area (Å²) in [6.45, 7) is 1.88. The summed E-state index contributed by atoms with van der Waals surface area (Å²) in [5.41, 5.74) is 0.969. The second-order valence-corrected chi connectivity index (χ2v) is 2.31. The first-order valence-electron chi connectivity index (χ1n) is 2.55. The van der Waals surface area contributed by atoms with Crippen LogP contribution in [0.15, 0.2) is 17.2 Å². The quantitative estimate of drug-likeness (QED) is 0.535. The molecule has 0 aliphatic carbocycles. The summed E-state index contributed by atoms with van der Waals surface area (Å²) < 4.78 is 0. The summed E-state index contributed by atoms with van der Waals surface area (Å²) >= 11 is 4.07. The van der Waals surface area contributed by atoms with Gasteiger partial charge < -0.3 is 5.11 Å². The molecule has 0 saturated carbocycles. The van der Waals surface area contributed by atoms with Gasteiger partial charge in [0.25, 0.3) is 0 Å². The van der Waals surface area contributed by atoms with E-state index in [1.165, 1.54) is 6.07 Å². The molecule has 48 valence electrons. The van der Waals surface area contributed by atoms with Gasteiger partial charge in [0.15, 0.2) is 0 Å². The third kappa shape index (κ3) is 1.36. The Kier molecular flexibility index (Phi) is 1.62. The molecule has 0 aliphatic rings. The third-order valence-electron chi connectivity index (χ3n) is 1.06. The van der Waals surface area contributed by atoms with E-state index in [1.807, 2.05) is 6.92 Å². The van der Waals surface area contributed by atoms with Crippen molar-refractivity contribution in [2.24, 2.45) is 0 Å². The minimum Gasteiger partial charge on any atom is -0.493 e. The van der Waals surface area contributed by atoms with Gasteiger partial charge in [0, 0.05) is 17.2 Å². The second-order valence-electron chi connectivity index (χ2n) is 1.83. The van der Waals surface area contributed by atoms with Crippen molar-refractivity contribution in [1.29, 1.82) is 0 Å². The molecule has 0 saturated heterocycles. The number of aromatic nitrogens is 1. The molecule has 0 bridgehead atoms. The van der Waals surface area contributed by atoms with Gasteiger partial charge in [-0.15, -0.1) is 12.6 Å². The minimum atomic E-state index is 0.0191. The van der Waals surface area contributed by atoms with Crippen molar-refractivity contribution >= 4 is 12.6 Å². The maximum atomic E-state index is 8.78. The fourth-order valence-electron chi connectivity index (χ4n) is 0.502. The Labute approximate surface area is 59.0 Å². The van der Waals surface area contributed by atoms with Crippen LogP contribution in [-0.2, 0) is 0 Å². The summed E-state index contributed by atoms with van der Waals surface area (Å²) in [6, 6.07) is 1.51. The van der Waals surface area contributed by atoms with Crippen molar-refractivity contribution in [2.45, 2.75) is 11.8 Å². The molecular weight excluding hydrogens is 134 g/mol. The van der Waals surface area contributed by atoms with Crippen LogP contribution in [0.25, 0.3) is 0 Å². The van der Waals surface area contributed by atoms with E-state index in [9.17, 15) is 0 Å². The number of thiol groups is 1. The van der Waals surface area contributed by atoms with Crippen molar-refractivity contribution in [3.05, 3.63) is 17.8 Å². The lowest BCUT2D eigenvalue weighted by Crippen LogP contribution is -1.78. The van der Waals surface area contributed by atoms with Crippen LogP contribution in [-0.4, -0.2) is 10.1 Å². The first-order valence-corrected chi connectivity index (χ1v) is 2.99. The lowest BCUT2D eigenvalue weighted by atomic mass is 10.3. The zero-order valence-electron chi connectivity index (χ0n) is 5.00. The molecule has 9 heavy (non-hydrogen) atoms. The van der Waals surface area contributed by atoms with E-state index in [0.717, 1.165) is 10.5 Å². The molecule has 0 amide bonds. The molecule has 2 nitrogen and oxygen atoms in total. The first-order chi connectivity index (χ1) is 4.20. The number of rotatable bonds is 0. The first kappa shape index (κ1) is 6.42. The van der Waals surface area contributed by atoms with Gasteiger partial charge in [0.1, 0.15) is 0 Å². The number of pyridine rings is 1. The fourth-order valence-corrected chi connectivity index (χ4v) is 0.676. The van der Waals surface area contributed by atoms with E-state index in [4.69, 9.17) is 5.11 Å². The molecule has 0 fully saturated rings. The van der Waals surface area contributed by atoms with Gasteiger partial charge in [-0.3, -0.25) is 0 Å². The van der Waals surface area contributed by atoms with E-state index in [1.54, 1.807) is 6.20 Å². The van der Waals surface area contributed by atoms with Gasteiger partial charge in [-0.2, -0.15) is 0 Å². The van der Waals surface area contributed by atoms with Gasteiger partial charge in [0.2, 0.25) is 5.88 Å². The Morgan fingerprint density at radius 3 is 2.78 bits per heavy atom. The lowest BCUT2D eigenvalue weighted by molar-refractivity contribution is 0.451. The van der Waals surface area contributed by atoms with E-state index in [2.05, 4.69) is 17.6 Å². The lowest BCUT2D eigenvalue weighted by Gasteiger charge is -1.95. The van der Waals surface area contributed by atoms with Gasteiger partial charge in [0.05, 0.1) is 0 Å². The Balaban J connectivity index is 3.17. The van der Waals surface area contributed by atoms with Crippen LogP contribution < -0.4 is 0 Å². The van der Waals surface area contributed by atoms with Crippen molar-refractivity contribution in [3.63, 3.8) is 0 Å². The van der Waals surface area contributed by atoms with Crippen LogP contribution in [0.2, 0.25) is 0 Å². The molecule has 0 radical (unpaired) electrons. The van der Waals surface area contributed by atoms with Gasteiger partial charge in [-0.05, 0) is 12.5 Å². The van der Waals surface area contributed by atoms with Gasteiger partial charge in [-0.25, -0.2) is 4.98 Å². The van der Waals surface area contributed by atoms with E-state index < -0.39 is 0 Å². The van der Waals surface area contributed by atoms with Crippen LogP contribution >= 0.6 is 12.6 Å². The summed E-state index contributed by atoms with van der Waals surface area (Å²) in [4.78, 5) is 4.41. The van der Waals surface area contributed by atoms with Crippen molar-refractivity contribution in [2.75, 3.05) is 0 Å². The number of aryl methyl sites for hydroxylation is 1. The zero-order valence-corrected chi connectivity index (χ0v) is 5.89. The zero-order chi connectivity index (χ0) is 6.85. The molecular formula is C6H7NOS. The molecule has 1 aromatic rings. The fraction of sp³-hybridized carbons (Fsp3) is 0.167. The van der Waals surface area contributed by atoms with Crippen molar-refractivity contribution < 1.29 is 5.11 Å².